The fraction of sp³-hybridized carbons (Fsp3) is 0.176. The Morgan fingerprint density at radius 2 is 1.38 bits per heavy atom. The lowest BCUT2D eigenvalue weighted by Crippen LogP contribution is -2.05. The van der Waals surface area contributed by atoms with E-state index in [0.29, 0.717) is 12.2 Å². The topological polar surface area (TPSA) is 63.6 Å². The highest BCUT2D eigenvalue weighted by molar-refractivity contribution is 5.90. The largest absolute Gasteiger partial charge is 0.478 e. The predicted molar refractivity (Wildman–Crippen MR) is 79.4 cm³/mol. The Balaban J connectivity index is 2.14. The highest BCUT2D eigenvalue weighted by atomic mass is 16.5. The third kappa shape index (κ3) is 3.69. The Morgan fingerprint density at radius 1 is 0.905 bits per heavy atom. The van der Waals surface area contributed by atoms with Crippen LogP contribution >= 0.6 is 0 Å². The van der Waals surface area contributed by atoms with Crippen LogP contribution in [0, 0.1) is 0 Å². The van der Waals surface area contributed by atoms with Gasteiger partial charge in [0.05, 0.1) is 17.7 Å². The molecule has 0 bridgehead atoms. The number of carbonyl (C=O) groups excluding carboxylic acids is 1. The third-order valence-electron chi connectivity index (χ3n) is 3.02. The molecular weight excluding hydrogens is 268 g/mol. The molecule has 2 aromatic rings. The van der Waals surface area contributed by atoms with E-state index in [1.165, 1.54) is 0 Å². The molecule has 2 rings (SSSR count). The Labute approximate surface area is 123 Å². The maximum Gasteiger partial charge on any atom is 0.338 e. The van der Waals surface area contributed by atoms with E-state index in [4.69, 9.17) is 9.84 Å². The standard InChI is InChI=1S/C17H16O4/c1-2-11-21-17(20)15-9-5-13(6-10-15)12-3-7-14(8-4-12)16(18)19/h3-10H,2,11H2,1H3,(H,18,19). The van der Waals surface area contributed by atoms with Gasteiger partial charge in [-0.1, -0.05) is 31.2 Å². The average molecular weight is 284 g/mol. The molecule has 0 spiro atoms. The molecular formula is C17H16O4. The second-order valence-corrected chi connectivity index (χ2v) is 4.60. The van der Waals surface area contributed by atoms with Gasteiger partial charge in [-0.25, -0.2) is 9.59 Å². The fourth-order valence-corrected chi connectivity index (χ4v) is 1.88. The number of benzene rings is 2. The van der Waals surface area contributed by atoms with E-state index in [1.54, 1.807) is 36.4 Å². The summed E-state index contributed by atoms with van der Waals surface area (Å²) in [6, 6.07) is 13.7. The van der Waals surface area contributed by atoms with Crippen LogP contribution in [0.25, 0.3) is 11.1 Å². The van der Waals surface area contributed by atoms with E-state index in [1.807, 2.05) is 19.1 Å². The number of carboxylic acid groups (broad SMARTS) is 1. The molecule has 0 unspecified atom stereocenters. The van der Waals surface area contributed by atoms with Crippen LogP contribution in [-0.2, 0) is 4.74 Å². The first kappa shape index (κ1) is 14.8. The summed E-state index contributed by atoms with van der Waals surface area (Å²) in [5.74, 6) is -1.28. The molecule has 0 amide bonds. The second kappa shape index (κ2) is 6.70. The molecule has 0 aliphatic rings. The van der Waals surface area contributed by atoms with Gasteiger partial charge in [-0.3, -0.25) is 0 Å². The van der Waals surface area contributed by atoms with E-state index in [2.05, 4.69) is 0 Å². The van der Waals surface area contributed by atoms with Crippen molar-refractivity contribution in [3.63, 3.8) is 0 Å². The second-order valence-electron chi connectivity index (χ2n) is 4.60. The third-order valence-corrected chi connectivity index (χ3v) is 3.02. The van der Waals surface area contributed by atoms with Crippen LogP contribution in [0.3, 0.4) is 0 Å². The van der Waals surface area contributed by atoms with Crippen molar-refractivity contribution >= 4 is 11.9 Å². The van der Waals surface area contributed by atoms with Gasteiger partial charge in [-0.15, -0.1) is 0 Å². The highest BCUT2D eigenvalue weighted by Crippen LogP contribution is 2.20. The summed E-state index contributed by atoms with van der Waals surface area (Å²) in [7, 11) is 0. The number of hydrogen-bond donors (Lipinski definition) is 1. The van der Waals surface area contributed by atoms with Crippen molar-refractivity contribution in [2.24, 2.45) is 0 Å². The SMILES string of the molecule is CCCOC(=O)c1ccc(-c2ccc(C(=O)O)cc2)cc1. The van der Waals surface area contributed by atoms with Gasteiger partial charge in [-0.2, -0.15) is 0 Å². The first-order chi connectivity index (χ1) is 10.1. The van der Waals surface area contributed by atoms with Gasteiger partial charge < -0.3 is 9.84 Å². The highest BCUT2D eigenvalue weighted by Gasteiger charge is 2.07. The molecule has 0 saturated heterocycles. The molecule has 4 nitrogen and oxygen atoms in total. The number of hydrogen-bond acceptors (Lipinski definition) is 3. The van der Waals surface area contributed by atoms with Crippen molar-refractivity contribution in [2.45, 2.75) is 13.3 Å². The van der Waals surface area contributed by atoms with E-state index < -0.39 is 5.97 Å². The van der Waals surface area contributed by atoms with Crippen LogP contribution < -0.4 is 0 Å². The van der Waals surface area contributed by atoms with E-state index >= 15 is 0 Å². The molecule has 0 radical (unpaired) electrons. The zero-order chi connectivity index (χ0) is 15.2. The molecule has 21 heavy (non-hydrogen) atoms. The molecule has 108 valence electrons. The molecule has 0 aliphatic carbocycles. The Hall–Kier alpha value is -2.62. The number of carbonyl (C=O) groups is 2. The minimum atomic E-state index is -0.949. The number of ether oxygens (including phenoxy) is 1. The summed E-state index contributed by atoms with van der Waals surface area (Å²) in [6.45, 7) is 2.36. The Bertz CT molecular complexity index is 627. The minimum Gasteiger partial charge on any atom is -0.478 e. The van der Waals surface area contributed by atoms with Crippen molar-refractivity contribution in [3.05, 3.63) is 59.7 Å². The summed E-state index contributed by atoms with van der Waals surface area (Å²) in [6.07, 6.45) is 0.791. The summed E-state index contributed by atoms with van der Waals surface area (Å²) in [5, 5.41) is 8.86. The zero-order valence-corrected chi connectivity index (χ0v) is 11.7. The normalized spacial score (nSPS) is 10.1. The van der Waals surface area contributed by atoms with Crippen LogP contribution in [0.4, 0.5) is 0 Å². The maximum absolute atomic E-state index is 11.7. The zero-order valence-electron chi connectivity index (χ0n) is 11.7. The first-order valence-electron chi connectivity index (χ1n) is 6.72. The van der Waals surface area contributed by atoms with Crippen molar-refractivity contribution in [1.82, 2.24) is 0 Å². The van der Waals surface area contributed by atoms with Crippen LogP contribution in [0.5, 0.6) is 0 Å². The van der Waals surface area contributed by atoms with Crippen LogP contribution in [0.2, 0.25) is 0 Å². The molecule has 0 saturated carbocycles. The lowest BCUT2D eigenvalue weighted by Gasteiger charge is -2.05. The molecule has 0 fully saturated rings. The summed E-state index contributed by atoms with van der Waals surface area (Å²) >= 11 is 0. The molecule has 0 heterocycles. The van der Waals surface area contributed by atoms with Gasteiger partial charge >= 0.3 is 11.9 Å². The first-order valence-corrected chi connectivity index (χ1v) is 6.72. The number of rotatable bonds is 5. The lowest BCUT2D eigenvalue weighted by molar-refractivity contribution is 0.0504. The minimum absolute atomic E-state index is 0.249. The molecule has 1 N–H and O–H groups in total. The van der Waals surface area contributed by atoms with Crippen molar-refractivity contribution in [3.8, 4) is 11.1 Å². The maximum atomic E-state index is 11.7. The summed E-state index contributed by atoms with van der Waals surface area (Å²) < 4.78 is 5.06. The number of carboxylic acids is 1. The van der Waals surface area contributed by atoms with Gasteiger partial charge in [0.2, 0.25) is 0 Å². The summed E-state index contributed by atoms with van der Waals surface area (Å²) in [4.78, 5) is 22.5. The predicted octanol–water partition coefficient (Wildman–Crippen LogP) is 3.62. The molecule has 0 atom stereocenters. The average Bonchev–Trinajstić information content (AvgIpc) is 2.53. The van der Waals surface area contributed by atoms with Gasteiger partial charge in [0.25, 0.3) is 0 Å². The molecule has 0 aliphatic heterocycles. The number of aromatic carboxylic acids is 1. The quantitative estimate of drug-likeness (QED) is 0.852. The van der Waals surface area contributed by atoms with Crippen LogP contribution in [0.15, 0.2) is 48.5 Å². The molecule has 0 aromatic heterocycles. The summed E-state index contributed by atoms with van der Waals surface area (Å²) in [5.41, 5.74) is 2.57. The smallest absolute Gasteiger partial charge is 0.338 e. The lowest BCUT2D eigenvalue weighted by atomic mass is 10.0. The van der Waals surface area contributed by atoms with Gasteiger partial charge in [0.1, 0.15) is 0 Å². The van der Waals surface area contributed by atoms with E-state index in [0.717, 1.165) is 17.5 Å². The fourth-order valence-electron chi connectivity index (χ4n) is 1.88. The van der Waals surface area contributed by atoms with Crippen molar-refractivity contribution in [1.29, 1.82) is 0 Å². The van der Waals surface area contributed by atoms with Crippen LogP contribution in [-0.4, -0.2) is 23.7 Å². The van der Waals surface area contributed by atoms with E-state index in [-0.39, 0.29) is 11.5 Å². The van der Waals surface area contributed by atoms with Crippen molar-refractivity contribution < 1.29 is 19.4 Å². The van der Waals surface area contributed by atoms with Crippen LogP contribution in [0.1, 0.15) is 34.1 Å². The number of esters is 1. The Kier molecular flexibility index (Phi) is 4.72. The Morgan fingerprint density at radius 3 is 1.81 bits per heavy atom. The molecule has 4 heteroatoms. The van der Waals surface area contributed by atoms with Crippen molar-refractivity contribution in [2.75, 3.05) is 6.61 Å². The van der Waals surface area contributed by atoms with E-state index in [9.17, 15) is 9.59 Å². The van der Waals surface area contributed by atoms with Gasteiger partial charge in [0.15, 0.2) is 0 Å². The van der Waals surface area contributed by atoms with Gasteiger partial charge in [0, 0.05) is 0 Å². The monoisotopic (exact) mass is 284 g/mol. The van der Waals surface area contributed by atoms with Gasteiger partial charge in [-0.05, 0) is 41.8 Å². The molecule has 2 aromatic carbocycles.